The van der Waals surface area contributed by atoms with Crippen LogP contribution in [-0.2, 0) is 13.5 Å². The number of ether oxygens (including phenoxy) is 1. The molecule has 0 radical (unpaired) electrons. The number of nitrogens with zero attached hydrogens (tertiary/aromatic N) is 2. The van der Waals surface area contributed by atoms with Gasteiger partial charge in [0.1, 0.15) is 11.4 Å². The zero-order valence-corrected chi connectivity index (χ0v) is 17.9. The molecule has 3 N–H and O–H groups in total. The molecule has 0 saturated heterocycles. The summed E-state index contributed by atoms with van der Waals surface area (Å²) in [7, 11) is 1.85. The molecule has 7 nitrogen and oxygen atoms in total. The van der Waals surface area contributed by atoms with Crippen molar-refractivity contribution in [3.8, 4) is 5.75 Å². The first-order chi connectivity index (χ1) is 14.8. The van der Waals surface area contributed by atoms with Crippen molar-refractivity contribution in [2.75, 3.05) is 6.54 Å². The molecule has 2 aromatic carbocycles. The van der Waals surface area contributed by atoms with E-state index in [9.17, 15) is 9.59 Å². The number of nitrogens with one attached hydrogen (secondary N) is 1. The Kier molecular flexibility index (Phi) is 5.27. The molecule has 31 heavy (non-hydrogen) atoms. The summed E-state index contributed by atoms with van der Waals surface area (Å²) in [5.74, 6) is -0.556. The molecule has 1 aliphatic rings. The highest BCUT2D eigenvalue weighted by molar-refractivity contribution is 6.02. The number of amides is 2. The van der Waals surface area contributed by atoms with Crippen LogP contribution in [0.2, 0.25) is 0 Å². The Morgan fingerprint density at radius 3 is 2.61 bits per heavy atom. The van der Waals surface area contributed by atoms with Gasteiger partial charge in [0.15, 0.2) is 0 Å². The molecule has 0 saturated carbocycles. The quantitative estimate of drug-likeness (QED) is 0.643. The normalized spacial score (nSPS) is 16.4. The fraction of sp³-hybridized carbons (Fsp3) is 0.292. The summed E-state index contributed by atoms with van der Waals surface area (Å²) < 4.78 is 7.91. The van der Waals surface area contributed by atoms with E-state index in [1.54, 1.807) is 10.9 Å². The van der Waals surface area contributed by atoms with Crippen molar-refractivity contribution in [3.05, 3.63) is 82.7 Å². The first-order valence-electron chi connectivity index (χ1n) is 10.2. The minimum atomic E-state index is -0.620. The Morgan fingerprint density at radius 1 is 1.23 bits per heavy atom. The lowest BCUT2D eigenvalue weighted by atomic mass is 9.80. The summed E-state index contributed by atoms with van der Waals surface area (Å²) in [5.41, 5.74) is 8.55. The van der Waals surface area contributed by atoms with Crippen molar-refractivity contribution in [1.29, 1.82) is 0 Å². The van der Waals surface area contributed by atoms with Gasteiger partial charge in [-0.3, -0.25) is 14.3 Å². The highest BCUT2D eigenvalue weighted by Crippen LogP contribution is 2.50. The van der Waals surface area contributed by atoms with E-state index in [0.717, 1.165) is 16.7 Å². The molecule has 2 amide bonds. The van der Waals surface area contributed by atoms with Gasteiger partial charge < -0.3 is 15.8 Å². The predicted octanol–water partition coefficient (Wildman–Crippen LogP) is 2.79. The standard InChI is InChI=1S/C24H26N4O3/c1-24(2)20(16-7-5-4-6-8-16)18-11-17(12-19(22(25)29)21(18)31-24)23(30)26-10-9-15-13-27-28(3)14-15/h4-8,11-14,20H,9-10H2,1-3H3,(H2,25,29)(H,26,30). The van der Waals surface area contributed by atoms with Gasteiger partial charge in [-0.25, -0.2) is 0 Å². The summed E-state index contributed by atoms with van der Waals surface area (Å²) >= 11 is 0. The van der Waals surface area contributed by atoms with Crippen molar-refractivity contribution in [2.45, 2.75) is 31.8 Å². The predicted molar refractivity (Wildman–Crippen MR) is 117 cm³/mol. The zero-order valence-electron chi connectivity index (χ0n) is 17.9. The number of fused-ring (bicyclic) bond motifs is 1. The topological polar surface area (TPSA) is 99.2 Å². The number of carbonyl (C=O) groups excluding carboxylic acids is 2. The SMILES string of the molecule is Cn1cc(CCNC(=O)c2cc(C(N)=O)c3c(c2)C(c2ccccc2)C(C)(C)O3)cn1. The lowest BCUT2D eigenvalue weighted by Gasteiger charge is -2.26. The molecule has 4 rings (SSSR count). The highest BCUT2D eigenvalue weighted by atomic mass is 16.5. The number of carbonyl (C=O) groups is 2. The van der Waals surface area contributed by atoms with Crippen molar-refractivity contribution >= 4 is 11.8 Å². The molecule has 1 atom stereocenters. The molecule has 160 valence electrons. The van der Waals surface area contributed by atoms with Crippen molar-refractivity contribution in [3.63, 3.8) is 0 Å². The Balaban J connectivity index is 1.65. The Labute approximate surface area is 181 Å². The van der Waals surface area contributed by atoms with Gasteiger partial charge >= 0.3 is 0 Å². The number of hydrogen-bond donors (Lipinski definition) is 2. The number of primary amides is 1. The first-order valence-corrected chi connectivity index (χ1v) is 10.2. The first kappa shape index (κ1) is 20.7. The maximum Gasteiger partial charge on any atom is 0.252 e. The van der Waals surface area contributed by atoms with Crippen LogP contribution in [0, 0.1) is 0 Å². The summed E-state index contributed by atoms with van der Waals surface area (Å²) in [6, 6.07) is 13.3. The third-order valence-corrected chi connectivity index (χ3v) is 5.61. The summed E-state index contributed by atoms with van der Waals surface area (Å²) in [4.78, 5) is 25.1. The fourth-order valence-corrected chi connectivity index (χ4v) is 4.24. The van der Waals surface area contributed by atoms with E-state index < -0.39 is 11.5 Å². The minimum Gasteiger partial charge on any atom is -0.486 e. The fourth-order valence-electron chi connectivity index (χ4n) is 4.24. The molecule has 2 heterocycles. The van der Waals surface area contributed by atoms with E-state index >= 15 is 0 Å². The summed E-state index contributed by atoms with van der Waals surface area (Å²) in [5, 5.41) is 7.05. The molecule has 0 bridgehead atoms. The molecule has 7 heteroatoms. The van der Waals surface area contributed by atoms with Crippen LogP contribution in [0.1, 0.15) is 57.2 Å². The van der Waals surface area contributed by atoms with Gasteiger partial charge in [0.05, 0.1) is 17.7 Å². The molecular weight excluding hydrogens is 392 g/mol. The molecule has 0 spiro atoms. The zero-order chi connectivity index (χ0) is 22.2. The second-order valence-corrected chi connectivity index (χ2v) is 8.38. The number of hydrogen-bond acceptors (Lipinski definition) is 4. The van der Waals surface area contributed by atoms with Crippen LogP contribution in [0.3, 0.4) is 0 Å². The maximum atomic E-state index is 12.9. The van der Waals surface area contributed by atoms with Gasteiger partial charge in [-0.2, -0.15) is 5.10 Å². The average Bonchev–Trinajstić information content (AvgIpc) is 3.26. The highest BCUT2D eigenvalue weighted by Gasteiger charge is 2.44. The van der Waals surface area contributed by atoms with Crippen LogP contribution in [-0.4, -0.2) is 33.7 Å². The number of rotatable bonds is 6. The van der Waals surface area contributed by atoms with Gasteiger partial charge in [-0.15, -0.1) is 0 Å². The van der Waals surface area contributed by atoms with Crippen LogP contribution in [0.4, 0.5) is 0 Å². The van der Waals surface area contributed by atoms with Crippen molar-refractivity contribution in [2.24, 2.45) is 12.8 Å². The number of aryl methyl sites for hydroxylation is 1. The molecule has 0 fully saturated rings. The molecular formula is C24H26N4O3. The van der Waals surface area contributed by atoms with Gasteiger partial charge in [0.25, 0.3) is 11.8 Å². The van der Waals surface area contributed by atoms with E-state index in [2.05, 4.69) is 10.4 Å². The maximum absolute atomic E-state index is 12.9. The van der Waals surface area contributed by atoms with E-state index in [0.29, 0.717) is 24.3 Å². The van der Waals surface area contributed by atoms with Crippen LogP contribution < -0.4 is 15.8 Å². The number of benzene rings is 2. The lowest BCUT2D eigenvalue weighted by Crippen LogP contribution is -2.31. The third-order valence-electron chi connectivity index (χ3n) is 5.61. The third kappa shape index (κ3) is 4.03. The summed E-state index contributed by atoms with van der Waals surface area (Å²) in [6.07, 6.45) is 4.35. The van der Waals surface area contributed by atoms with Gasteiger partial charge in [-0.05, 0) is 43.5 Å². The minimum absolute atomic E-state index is 0.134. The Morgan fingerprint density at radius 2 is 1.97 bits per heavy atom. The van der Waals surface area contributed by atoms with Gasteiger partial charge in [-0.1, -0.05) is 30.3 Å². The summed E-state index contributed by atoms with van der Waals surface area (Å²) in [6.45, 7) is 4.41. The second-order valence-electron chi connectivity index (χ2n) is 8.38. The smallest absolute Gasteiger partial charge is 0.252 e. The van der Waals surface area contributed by atoms with Crippen molar-refractivity contribution in [1.82, 2.24) is 15.1 Å². The molecule has 1 aromatic heterocycles. The van der Waals surface area contributed by atoms with E-state index in [1.807, 2.05) is 63.5 Å². The average molecular weight is 418 g/mol. The van der Waals surface area contributed by atoms with Crippen LogP contribution in [0.15, 0.2) is 54.9 Å². The molecule has 0 aliphatic carbocycles. The van der Waals surface area contributed by atoms with E-state index in [1.165, 1.54) is 6.07 Å². The Bertz CT molecular complexity index is 1130. The number of nitrogens with two attached hydrogens (primary N) is 1. The molecule has 1 unspecified atom stereocenters. The van der Waals surface area contributed by atoms with Crippen LogP contribution in [0.5, 0.6) is 5.75 Å². The van der Waals surface area contributed by atoms with Crippen molar-refractivity contribution < 1.29 is 14.3 Å². The lowest BCUT2D eigenvalue weighted by molar-refractivity contribution is 0.0954. The monoisotopic (exact) mass is 418 g/mol. The second kappa shape index (κ2) is 7.91. The molecule has 1 aliphatic heterocycles. The Hall–Kier alpha value is -3.61. The number of aromatic nitrogens is 2. The van der Waals surface area contributed by atoms with E-state index in [-0.39, 0.29) is 17.4 Å². The van der Waals surface area contributed by atoms with E-state index in [4.69, 9.17) is 10.5 Å². The largest absolute Gasteiger partial charge is 0.486 e. The van der Waals surface area contributed by atoms with Crippen LogP contribution >= 0.6 is 0 Å². The van der Waals surface area contributed by atoms with Gasteiger partial charge in [0, 0.05) is 30.9 Å². The van der Waals surface area contributed by atoms with Gasteiger partial charge in [0.2, 0.25) is 0 Å². The van der Waals surface area contributed by atoms with Crippen LogP contribution in [0.25, 0.3) is 0 Å². The molecule has 3 aromatic rings.